The molecule has 0 atom stereocenters. The molecule has 0 radical (unpaired) electrons. The number of nitrogens with one attached hydrogen (secondary N) is 2. The third-order valence-electron chi connectivity index (χ3n) is 4.01. The maximum atomic E-state index is 11.9. The van der Waals surface area contributed by atoms with Gasteiger partial charge in [0.05, 0.1) is 0 Å². The van der Waals surface area contributed by atoms with Crippen LogP contribution >= 0.6 is 0 Å². The average molecular weight is 324 g/mol. The van der Waals surface area contributed by atoms with Crippen molar-refractivity contribution in [2.75, 3.05) is 11.9 Å². The maximum Gasteiger partial charge on any atom is 0.258 e. The summed E-state index contributed by atoms with van der Waals surface area (Å²) in [4.78, 5) is 23.3. The van der Waals surface area contributed by atoms with E-state index in [0.29, 0.717) is 13.0 Å². The second kappa shape index (κ2) is 7.17. The first-order valence-corrected chi connectivity index (χ1v) is 7.98. The molecule has 0 unspecified atom stereocenters. The number of hydrogen-bond acceptors (Lipinski definition) is 3. The van der Waals surface area contributed by atoms with Crippen LogP contribution in [0.3, 0.4) is 0 Å². The minimum absolute atomic E-state index is 0.00808. The summed E-state index contributed by atoms with van der Waals surface area (Å²) in [5.74, 6) is 0.610. The molecule has 0 saturated carbocycles. The number of fused-ring (bicyclic) bond motifs is 1. The molecule has 24 heavy (non-hydrogen) atoms. The molecule has 2 N–H and O–H groups in total. The molecule has 1 aliphatic rings. The van der Waals surface area contributed by atoms with Gasteiger partial charge in [-0.05, 0) is 42.2 Å². The third kappa shape index (κ3) is 3.93. The van der Waals surface area contributed by atoms with E-state index in [1.165, 1.54) is 0 Å². The van der Waals surface area contributed by atoms with Gasteiger partial charge in [0.1, 0.15) is 5.75 Å². The smallest absolute Gasteiger partial charge is 0.258 e. The second-order valence-corrected chi connectivity index (χ2v) is 5.87. The molecule has 2 aromatic rings. The number of rotatable bonds is 5. The monoisotopic (exact) mass is 324 g/mol. The van der Waals surface area contributed by atoms with E-state index >= 15 is 0 Å². The number of hydrogen-bond donors (Lipinski definition) is 2. The van der Waals surface area contributed by atoms with Crippen molar-refractivity contribution in [3.05, 3.63) is 59.2 Å². The Balaban J connectivity index is 1.51. The molecule has 0 aliphatic carbocycles. The molecule has 3 rings (SSSR count). The van der Waals surface area contributed by atoms with Crippen molar-refractivity contribution in [1.82, 2.24) is 5.32 Å². The summed E-state index contributed by atoms with van der Waals surface area (Å²) in [5, 5.41) is 5.70. The van der Waals surface area contributed by atoms with Crippen molar-refractivity contribution in [2.45, 2.75) is 26.3 Å². The van der Waals surface area contributed by atoms with Gasteiger partial charge in [0.2, 0.25) is 5.91 Å². The number of anilines is 1. The highest BCUT2D eigenvalue weighted by atomic mass is 16.5. The molecule has 0 aromatic heterocycles. The van der Waals surface area contributed by atoms with Gasteiger partial charge in [-0.3, -0.25) is 9.59 Å². The summed E-state index contributed by atoms with van der Waals surface area (Å²) >= 11 is 0. The summed E-state index contributed by atoms with van der Waals surface area (Å²) in [6, 6.07) is 13.4. The van der Waals surface area contributed by atoms with E-state index in [2.05, 4.69) is 10.6 Å². The molecule has 2 aromatic carbocycles. The largest absolute Gasteiger partial charge is 0.484 e. The highest BCUT2D eigenvalue weighted by molar-refractivity contribution is 5.93. The highest BCUT2D eigenvalue weighted by Gasteiger charge is 2.14. The van der Waals surface area contributed by atoms with Crippen LogP contribution in [0.5, 0.6) is 5.75 Å². The van der Waals surface area contributed by atoms with Gasteiger partial charge in [-0.15, -0.1) is 0 Å². The highest BCUT2D eigenvalue weighted by Crippen LogP contribution is 2.23. The molecule has 5 nitrogen and oxygen atoms in total. The SMILES string of the molecule is Cc1ccccc1OCC(=O)NCc1ccc2c(c1)CCC(=O)N2. The molecular weight excluding hydrogens is 304 g/mol. The fourth-order valence-electron chi connectivity index (χ4n) is 2.66. The van der Waals surface area contributed by atoms with Gasteiger partial charge in [0, 0.05) is 18.7 Å². The number of carbonyl (C=O) groups is 2. The first-order valence-electron chi connectivity index (χ1n) is 7.98. The fourth-order valence-corrected chi connectivity index (χ4v) is 2.66. The number of amides is 2. The van der Waals surface area contributed by atoms with Gasteiger partial charge in [0.25, 0.3) is 5.91 Å². The Morgan fingerprint density at radius 3 is 2.88 bits per heavy atom. The predicted molar refractivity (Wildman–Crippen MR) is 91.9 cm³/mol. The first-order chi connectivity index (χ1) is 11.6. The van der Waals surface area contributed by atoms with Crippen LogP contribution in [0.2, 0.25) is 0 Å². The van der Waals surface area contributed by atoms with E-state index in [4.69, 9.17) is 4.74 Å². The van der Waals surface area contributed by atoms with E-state index in [0.717, 1.165) is 34.5 Å². The van der Waals surface area contributed by atoms with E-state index < -0.39 is 0 Å². The summed E-state index contributed by atoms with van der Waals surface area (Å²) in [7, 11) is 0. The maximum absolute atomic E-state index is 11.9. The lowest BCUT2D eigenvalue weighted by molar-refractivity contribution is -0.123. The number of carbonyl (C=O) groups excluding carboxylic acids is 2. The zero-order chi connectivity index (χ0) is 16.9. The predicted octanol–water partition coefficient (Wildman–Crippen LogP) is 2.57. The van der Waals surface area contributed by atoms with E-state index in [1.807, 2.05) is 49.4 Å². The fraction of sp³-hybridized carbons (Fsp3) is 0.263. The van der Waals surface area contributed by atoms with Crippen molar-refractivity contribution >= 4 is 17.5 Å². The molecule has 0 saturated heterocycles. The number of aryl methyl sites for hydroxylation is 2. The van der Waals surface area contributed by atoms with Gasteiger partial charge in [-0.25, -0.2) is 0 Å². The van der Waals surface area contributed by atoms with Gasteiger partial charge in [-0.1, -0.05) is 30.3 Å². The summed E-state index contributed by atoms with van der Waals surface area (Å²) in [5.41, 5.74) is 3.98. The Morgan fingerprint density at radius 1 is 1.21 bits per heavy atom. The number of benzene rings is 2. The summed E-state index contributed by atoms with van der Waals surface area (Å²) < 4.78 is 5.53. The van der Waals surface area contributed by atoms with Gasteiger partial charge >= 0.3 is 0 Å². The minimum atomic E-state index is -0.163. The molecule has 2 amide bonds. The molecule has 0 bridgehead atoms. The zero-order valence-corrected chi connectivity index (χ0v) is 13.6. The Bertz CT molecular complexity index is 771. The van der Waals surface area contributed by atoms with Crippen LogP contribution in [0, 0.1) is 6.92 Å². The number of para-hydroxylation sites is 1. The van der Waals surface area contributed by atoms with Crippen LogP contribution in [0.15, 0.2) is 42.5 Å². The lowest BCUT2D eigenvalue weighted by Gasteiger charge is -2.17. The molecule has 0 fully saturated rings. The molecule has 1 heterocycles. The molecule has 0 spiro atoms. The summed E-state index contributed by atoms with van der Waals surface area (Å²) in [6.45, 7) is 2.38. The quantitative estimate of drug-likeness (QED) is 0.888. The van der Waals surface area contributed by atoms with Crippen LogP contribution in [0.25, 0.3) is 0 Å². The van der Waals surface area contributed by atoms with Gasteiger partial charge in [0.15, 0.2) is 6.61 Å². The lowest BCUT2D eigenvalue weighted by atomic mass is 10.0. The Hall–Kier alpha value is -2.82. The van der Waals surface area contributed by atoms with Crippen molar-refractivity contribution in [3.8, 4) is 5.75 Å². The van der Waals surface area contributed by atoms with Gasteiger partial charge in [-0.2, -0.15) is 0 Å². The molecule has 124 valence electrons. The number of ether oxygens (including phenoxy) is 1. The Kier molecular flexibility index (Phi) is 4.79. The van der Waals surface area contributed by atoms with Crippen LogP contribution in [0.4, 0.5) is 5.69 Å². The van der Waals surface area contributed by atoms with Crippen LogP contribution in [-0.4, -0.2) is 18.4 Å². The Morgan fingerprint density at radius 2 is 2.04 bits per heavy atom. The van der Waals surface area contributed by atoms with Crippen LogP contribution in [0.1, 0.15) is 23.1 Å². The topological polar surface area (TPSA) is 67.4 Å². The minimum Gasteiger partial charge on any atom is -0.484 e. The van der Waals surface area contributed by atoms with Crippen molar-refractivity contribution in [1.29, 1.82) is 0 Å². The van der Waals surface area contributed by atoms with Gasteiger partial charge < -0.3 is 15.4 Å². The van der Waals surface area contributed by atoms with E-state index in [-0.39, 0.29) is 18.4 Å². The first kappa shape index (κ1) is 16.1. The normalized spacial score (nSPS) is 13.0. The molecular formula is C19H20N2O3. The second-order valence-electron chi connectivity index (χ2n) is 5.87. The molecule has 1 aliphatic heterocycles. The Labute approximate surface area is 141 Å². The molecule has 5 heteroatoms. The summed E-state index contributed by atoms with van der Waals surface area (Å²) in [6.07, 6.45) is 1.24. The average Bonchev–Trinajstić information content (AvgIpc) is 2.59. The van der Waals surface area contributed by atoms with E-state index in [9.17, 15) is 9.59 Å². The van der Waals surface area contributed by atoms with Crippen molar-refractivity contribution in [3.63, 3.8) is 0 Å². The lowest BCUT2D eigenvalue weighted by Crippen LogP contribution is -2.28. The van der Waals surface area contributed by atoms with Crippen LogP contribution < -0.4 is 15.4 Å². The van der Waals surface area contributed by atoms with E-state index in [1.54, 1.807) is 0 Å². The third-order valence-corrected chi connectivity index (χ3v) is 4.01. The van der Waals surface area contributed by atoms with Crippen LogP contribution in [-0.2, 0) is 22.6 Å². The standard InChI is InChI=1S/C19H20N2O3/c1-13-4-2-3-5-17(13)24-12-19(23)20-11-14-6-8-16-15(10-14)7-9-18(22)21-16/h2-6,8,10H,7,9,11-12H2,1H3,(H,20,23)(H,21,22). The zero-order valence-electron chi connectivity index (χ0n) is 13.6. The van der Waals surface area contributed by atoms with Crippen molar-refractivity contribution < 1.29 is 14.3 Å². The van der Waals surface area contributed by atoms with Crippen molar-refractivity contribution in [2.24, 2.45) is 0 Å².